The van der Waals surface area contributed by atoms with E-state index in [9.17, 15) is 9.59 Å². The number of urea groups is 1. The van der Waals surface area contributed by atoms with Gasteiger partial charge in [0.15, 0.2) is 0 Å². The summed E-state index contributed by atoms with van der Waals surface area (Å²) in [5, 5.41) is 3.55. The van der Waals surface area contributed by atoms with E-state index in [0.29, 0.717) is 10.7 Å². The standard InChI is InChI=1S/C17H15BrClN3O2/c18-13-7-10(1-3-14(13)19)21-17(24)22-11-2-4-15(22)12-8-20-16(23)6-9(12)5-11/h1,3,6-8,11,15H,2,4-5H2,(H,20,23)(H,21,24)/t11-,15+/m1/s1. The number of hydrogen-bond acceptors (Lipinski definition) is 2. The minimum atomic E-state index is -0.117. The molecule has 2 N–H and O–H groups in total. The molecule has 1 aromatic heterocycles. The fraction of sp³-hybridized carbons (Fsp3) is 0.294. The third-order valence-corrected chi connectivity index (χ3v) is 5.98. The normalized spacial score (nSPS) is 21.5. The predicted molar refractivity (Wildman–Crippen MR) is 96.5 cm³/mol. The second-order valence-corrected chi connectivity index (χ2v) is 7.46. The topological polar surface area (TPSA) is 65.2 Å². The lowest BCUT2D eigenvalue weighted by Crippen LogP contribution is -2.44. The highest BCUT2D eigenvalue weighted by Gasteiger charge is 2.42. The molecule has 1 saturated heterocycles. The number of fused-ring (bicyclic) bond motifs is 4. The maximum atomic E-state index is 12.8. The smallest absolute Gasteiger partial charge is 0.322 e. The summed E-state index contributed by atoms with van der Waals surface area (Å²) in [6, 6.07) is 7.01. The molecule has 0 spiro atoms. The quantitative estimate of drug-likeness (QED) is 0.746. The second kappa shape index (κ2) is 5.93. The van der Waals surface area contributed by atoms with Gasteiger partial charge in [-0.1, -0.05) is 11.6 Å². The van der Waals surface area contributed by atoms with Crippen molar-refractivity contribution in [2.24, 2.45) is 0 Å². The highest BCUT2D eigenvalue weighted by molar-refractivity contribution is 9.10. The van der Waals surface area contributed by atoms with Crippen molar-refractivity contribution in [1.29, 1.82) is 0 Å². The number of amides is 2. The van der Waals surface area contributed by atoms with Gasteiger partial charge in [-0.2, -0.15) is 0 Å². The minimum Gasteiger partial charge on any atom is -0.329 e. The highest BCUT2D eigenvalue weighted by atomic mass is 79.9. The molecule has 5 nitrogen and oxygen atoms in total. The van der Waals surface area contributed by atoms with Crippen LogP contribution in [-0.2, 0) is 6.42 Å². The van der Waals surface area contributed by atoms with Crippen molar-refractivity contribution in [1.82, 2.24) is 9.88 Å². The first-order valence-electron chi connectivity index (χ1n) is 7.79. The van der Waals surface area contributed by atoms with Crippen LogP contribution in [0.1, 0.15) is 30.0 Å². The molecule has 2 bridgehead atoms. The van der Waals surface area contributed by atoms with Crippen LogP contribution >= 0.6 is 27.5 Å². The van der Waals surface area contributed by atoms with E-state index in [-0.39, 0.29) is 23.7 Å². The first-order chi connectivity index (χ1) is 11.5. The van der Waals surface area contributed by atoms with Crippen LogP contribution < -0.4 is 10.9 Å². The number of benzene rings is 1. The molecule has 3 heterocycles. The van der Waals surface area contributed by atoms with Crippen LogP contribution in [0.2, 0.25) is 5.02 Å². The zero-order valence-corrected chi connectivity index (χ0v) is 15.0. The molecule has 2 aliphatic heterocycles. The molecule has 2 amide bonds. The summed E-state index contributed by atoms with van der Waals surface area (Å²) >= 11 is 9.36. The lowest BCUT2D eigenvalue weighted by molar-refractivity contribution is 0.179. The van der Waals surface area contributed by atoms with Crippen LogP contribution in [0.25, 0.3) is 0 Å². The van der Waals surface area contributed by atoms with Gasteiger partial charge in [0.05, 0.1) is 11.1 Å². The van der Waals surface area contributed by atoms with E-state index in [0.717, 1.165) is 34.9 Å². The maximum Gasteiger partial charge on any atom is 0.322 e. The zero-order valence-electron chi connectivity index (χ0n) is 12.7. The van der Waals surface area contributed by atoms with Crippen molar-refractivity contribution in [3.05, 3.63) is 61.4 Å². The van der Waals surface area contributed by atoms with Crippen molar-refractivity contribution < 1.29 is 4.79 Å². The summed E-state index contributed by atoms with van der Waals surface area (Å²) in [6.07, 6.45) is 4.35. The lowest BCUT2D eigenvalue weighted by Gasteiger charge is -2.36. The Balaban J connectivity index is 1.60. The molecule has 124 valence electrons. The summed E-state index contributed by atoms with van der Waals surface area (Å²) in [7, 11) is 0. The van der Waals surface area contributed by atoms with Crippen LogP contribution in [-0.4, -0.2) is 22.0 Å². The Bertz CT molecular complexity index is 882. The Kier molecular flexibility index (Phi) is 3.89. The monoisotopic (exact) mass is 407 g/mol. The number of halogens is 2. The summed E-state index contributed by atoms with van der Waals surface area (Å²) in [5.41, 5.74) is 2.72. The molecule has 0 saturated carbocycles. The number of H-pyrrole nitrogens is 1. The van der Waals surface area contributed by atoms with Crippen molar-refractivity contribution in [3.8, 4) is 0 Å². The zero-order chi connectivity index (χ0) is 16.8. The summed E-state index contributed by atoms with van der Waals surface area (Å²) in [6.45, 7) is 0. The lowest BCUT2D eigenvalue weighted by atomic mass is 9.95. The molecule has 0 aliphatic carbocycles. The molecule has 0 radical (unpaired) electrons. The van der Waals surface area contributed by atoms with Crippen molar-refractivity contribution in [3.63, 3.8) is 0 Å². The minimum absolute atomic E-state index is 0.0198. The number of nitrogens with one attached hydrogen (secondary N) is 2. The number of nitrogens with zero attached hydrogens (tertiary/aromatic N) is 1. The SMILES string of the molecule is O=C(Nc1ccc(Cl)c(Br)c1)N1[C@@H]2CC[C@H]1c1c[nH]c(=O)cc1C2. The Morgan fingerprint density at radius 1 is 1.33 bits per heavy atom. The van der Waals surface area contributed by atoms with Crippen LogP contribution in [0.4, 0.5) is 10.5 Å². The van der Waals surface area contributed by atoms with Gasteiger partial charge in [0, 0.05) is 28.5 Å². The Morgan fingerprint density at radius 2 is 2.17 bits per heavy atom. The summed E-state index contributed by atoms with van der Waals surface area (Å²) in [5.74, 6) is 0. The molecule has 4 rings (SSSR count). The number of carbonyl (C=O) groups is 1. The molecule has 7 heteroatoms. The van der Waals surface area contributed by atoms with E-state index >= 15 is 0 Å². The van der Waals surface area contributed by atoms with E-state index in [1.54, 1.807) is 30.5 Å². The summed E-state index contributed by atoms with van der Waals surface area (Å²) < 4.78 is 0.742. The van der Waals surface area contributed by atoms with Crippen molar-refractivity contribution >= 4 is 39.2 Å². The molecule has 1 fully saturated rings. The van der Waals surface area contributed by atoms with Crippen molar-refractivity contribution in [2.75, 3.05) is 5.32 Å². The van der Waals surface area contributed by atoms with Gasteiger partial charge in [-0.15, -0.1) is 0 Å². The number of carbonyl (C=O) groups excluding carboxylic acids is 1. The van der Waals surface area contributed by atoms with Crippen LogP contribution in [0.5, 0.6) is 0 Å². The Morgan fingerprint density at radius 3 is 2.96 bits per heavy atom. The number of hydrogen-bond donors (Lipinski definition) is 2. The molecule has 2 aliphatic rings. The van der Waals surface area contributed by atoms with E-state index in [1.165, 1.54) is 0 Å². The van der Waals surface area contributed by atoms with Gasteiger partial charge in [-0.25, -0.2) is 4.79 Å². The second-order valence-electron chi connectivity index (χ2n) is 6.20. The summed E-state index contributed by atoms with van der Waals surface area (Å²) in [4.78, 5) is 29.0. The number of pyridine rings is 1. The molecular formula is C17H15BrClN3O2. The highest BCUT2D eigenvalue weighted by Crippen LogP contribution is 2.43. The molecule has 2 atom stereocenters. The Hall–Kier alpha value is -1.79. The fourth-order valence-corrected chi connectivity index (χ4v) is 4.22. The first-order valence-corrected chi connectivity index (χ1v) is 8.96. The van der Waals surface area contributed by atoms with Crippen LogP contribution in [0.3, 0.4) is 0 Å². The van der Waals surface area contributed by atoms with Gasteiger partial charge >= 0.3 is 6.03 Å². The molecule has 24 heavy (non-hydrogen) atoms. The largest absolute Gasteiger partial charge is 0.329 e. The average molecular weight is 409 g/mol. The number of anilines is 1. The fourth-order valence-electron chi connectivity index (χ4n) is 3.72. The van der Waals surface area contributed by atoms with Crippen molar-refractivity contribution in [2.45, 2.75) is 31.3 Å². The average Bonchev–Trinajstić information content (AvgIpc) is 2.86. The molecule has 0 unspecified atom stereocenters. The maximum absolute atomic E-state index is 12.8. The third kappa shape index (κ3) is 2.63. The van der Waals surface area contributed by atoms with Gasteiger partial charge in [0.2, 0.25) is 5.56 Å². The van der Waals surface area contributed by atoms with Gasteiger partial charge in [-0.3, -0.25) is 4.79 Å². The number of aromatic amines is 1. The van der Waals surface area contributed by atoms with E-state index in [4.69, 9.17) is 11.6 Å². The van der Waals surface area contributed by atoms with Gasteiger partial charge in [0.1, 0.15) is 0 Å². The molecular weight excluding hydrogens is 394 g/mol. The number of aromatic nitrogens is 1. The van der Waals surface area contributed by atoms with Crippen LogP contribution in [0, 0.1) is 0 Å². The van der Waals surface area contributed by atoms with E-state index in [2.05, 4.69) is 26.2 Å². The predicted octanol–water partition coefficient (Wildman–Crippen LogP) is 4.08. The van der Waals surface area contributed by atoms with Crippen LogP contribution in [0.15, 0.2) is 39.7 Å². The van der Waals surface area contributed by atoms with Gasteiger partial charge in [-0.05, 0) is 64.5 Å². The molecule has 2 aromatic rings. The van der Waals surface area contributed by atoms with Gasteiger partial charge < -0.3 is 15.2 Å². The van der Waals surface area contributed by atoms with E-state index in [1.807, 2.05) is 4.90 Å². The first kappa shape index (κ1) is 15.7. The third-order valence-electron chi connectivity index (χ3n) is 4.77. The number of rotatable bonds is 1. The van der Waals surface area contributed by atoms with Gasteiger partial charge in [0.25, 0.3) is 0 Å². The van der Waals surface area contributed by atoms with E-state index < -0.39 is 0 Å². The molecule has 1 aromatic carbocycles. The Labute approximate surface area is 152 Å².